The minimum atomic E-state index is 0.584. The Morgan fingerprint density at radius 3 is 3.06 bits per heavy atom. The molecule has 0 aliphatic carbocycles. The van der Waals surface area contributed by atoms with Crippen LogP contribution in [0.15, 0.2) is 30.9 Å². The third-order valence-corrected chi connectivity index (χ3v) is 3.10. The summed E-state index contributed by atoms with van der Waals surface area (Å²) in [6, 6.07) is 7.40. The number of nitriles is 1. The number of halogens is 1. The molecule has 0 radical (unpaired) electrons. The van der Waals surface area contributed by atoms with Crippen LogP contribution >= 0.6 is 23.4 Å². The van der Waals surface area contributed by atoms with Gasteiger partial charge in [0, 0.05) is 23.1 Å². The Hall–Kier alpha value is -1.11. The fourth-order valence-electron chi connectivity index (χ4n) is 1.19. The van der Waals surface area contributed by atoms with E-state index in [2.05, 4.69) is 18.0 Å². The van der Waals surface area contributed by atoms with Crippen LogP contribution in [0.2, 0.25) is 5.02 Å². The summed E-state index contributed by atoms with van der Waals surface area (Å²) in [6.07, 6.45) is 1.88. The minimum absolute atomic E-state index is 0.584. The first-order valence-electron chi connectivity index (χ1n) is 4.90. The number of nitrogens with one attached hydrogen (secondary N) is 1. The zero-order valence-corrected chi connectivity index (χ0v) is 10.4. The Morgan fingerprint density at radius 1 is 1.56 bits per heavy atom. The number of nitrogens with zero attached hydrogens (tertiary/aromatic N) is 1. The lowest BCUT2D eigenvalue weighted by atomic mass is 10.2. The SMILES string of the molecule is C=CCSCCNc1ccc(Cl)cc1C#N. The van der Waals surface area contributed by atoms with Gasteiger partial charge in [0.25, 0.3) is 0 Å². The van der Waals surface area contributed by atoms with Crippen LogP contribution in [0, 0.1) is 11.3 Å². The third kappa shape index (κ3) is 4.18. The first-order valence-corrected chi connectivity index (χ1v) is 6.43. The van der Waals surface area contributed by atoms with Crippen LogP contribution in [-0.2, 0) is 0 Å². The molecule has 1 aromatic rings. The first-order chi connectivity index (χ1) is 7.77. The van der Waals surface area contributed by atoms with Crippen LogP contribution in [0.3, 0.4) is 0 Å². The highest BCUT2D eigenvalue weighted by Gasteiger charge is 2.01. The fourth-order valence-corrected chi connectivity index (χ4v) is 1.94. The normalized spacial score (nSPS) is 9.50. The van der Waals surface area contributed by atoms with Crippen molar-refractivity contribution in [2.24, 2.45) is 0 Å². The second-order valence-electron chi connectivity index (χ2n) is 3.09. The van der Waals surface area contributed by atoms with Crippen LogP contribution < -0.4 is 5.32 Å². The summed E-state index contributed by atoms with van der Waals surface area (Å²) in [5, 5.41) is 12.7. The molecule has 0 unspecified atom stereocenters. The summed E-state index contributed by atoms with van der Waals surface area (Å²) in [5.74, 6) is 1.94. The number of hydrogen-bond acceptors (Lipinski definition) is 3. The van der Waals surface area contributed by atoms with Gasteiger partial charge < -0.3 is 5.32 Å². The van der Waals surface area contributed by atoms with Gasteiger partial charge in [-0.05, 0) is 18.2 Å². The summed E-state index contributed by atoms with van der Waals surface area (Å²) < 4.78 is 0. The molecule has 0 heterocycles. The van der Waals surface area contributed by atoms with Crippen molar-refractivity contribution in [2.45, 2.75) is 0 Å². The lowest BCUT2D eigenvalue weighted by Gasteiger charge is -2.07. The van der Waals surface area contributed by atoms with Crippen LogP contribution in [0.4, 0.5) is 5.69 Å². The molecule has 1 aromatic carbocycles. The van der Waals surface area contributed by atoms with E-state index in [9.17, 15) is 0 Å². The molecule has 0 saturated heterocycles. The minimum Gasteiger partial charge on any atom is -0.383 e. The van der Waals surface area contributed by atoms with E-state index in [1.165, 1.54) is 0 Å². The van der Waals surface area contributed by atoms with Gasteiger partial charge in [-0.25, -0.2) is 0 Å². The summed E-state index contributed by atoms with van der Waals surface area (Å²) in [6.45, 7) is 4.48. The van der Waals surface area contributed by atoms with Crippen LogP contribution in [0.1, 0.15) is 5.56 Å². The van der Waals surface area contributed by atoms with Crippen LogP contribution in [0.25, 0.3) is 0 Å². The van der Waals surface area contributed by atoms with E-state index in [0.29, 0.717) is 10.6 Å². The van der Waals surface area contributed by atoms with E-state index in [1.807, 2.05) is 12.1 Å². The van der Waals surface area contributed by atoms with Gasteiger partial charge in [-0.15, -0.1) is 6.58 Å². The molecule has 0 aliphatic heterocycles. The largest absolute Gasteiger partial charge is 0.383 e. The predicted octanol–water partition coefficient (Wildman–Crippen LogP) is 3.54. The molecular formula is C12H13ClN2S. The molecule has 0 spiro atoms. The monoisotopic (exact) mass is 252 g/mol. The smallest absolute Gasteiger partial charge is 0.101 e. The zero-order chi connectivity index (χ0) is 11.8. The molecule has 0 aliphatic rings. The fraction of sp³-hybridized carbons (Fsp3) is 0.250. The predicted molar refractivity (Wildman–Crippen MR) is 72.2 cm³/mol. The van der Waals surface area contributed by atoms with Crippen LogP contribution in [-0.4, -0.2) is 18.1 Å². The van der Waals surface area contributed by atoms with E-state index in [0.717, 1.165) is 23.7 Å². The van der Waals surface area contributed by atoms with Crippen molar-refractivity contribution < 1.29 is 0 Å². The molecule has 0 fully saturated rings. The third-order valence-electron chi connectivity index (χ3n) is 1.90. The Bertz CT molecular complexity index is 398. The molecule has 4 heteroatoms. The molecule has 0 atom stereocenters. The van der Waals surface area contributed by atoms with Crippen molar-refractivity contribution >= 4 is 29.1 Å². The second-order valence-corrected chi connectivity index (χ2v) is 4.68. The van der Waals surface area contributed by atoms with Crippen molar-refractivity contribution in [2.75, 3.05) is 23.4 Å². The molecular weight excluding hydrogens is 240 g/mol. The number of hydrogen-bond donors (Lipinski definition) is 1. The van der Waals surface area contributed by atoms with Gasteiger partial charge in [0.05, 0.1) is 11.3 Å². The van der Waals surface area contributed by atoms with Gasteiger partial charge in [-0.1, -0.05) is 17.7 Å². The molecule has 0 saturated carbocycles. The van der Waals surface area contributed by atoms with Crippen molar-refractivity contribution in [3.8, 4) is 6.07 Å². The Balaban J connectivity index is 2.48. The Morgan fingerprint density at radius 2 is 2.38 bits per heavy atom. The maximum atomic E-state index is 8.92. The zero-order valence-electron chi connectivity index (χ0n) is 8.87. The highest BCUT2D eigenvalue weighted by atomic mass is 35.5. The standard InChI is InChI=1S/C12H13ClN2S/c1-2-6-16-7-5-15-12-4-3-11(13)8-10(12)9-14/h2-4,8,15H,1,5-7H2. The van der Waals surface area contributed by atoms with Crippen molar-refractivity contribution in [1.82, 2.24) is 0 Å². The van der Waals surface area contributed by atoms with E-state index in [-0.39, 0.29) is 0 Å². The highest BCUT2D eigenvalue weighted by Crippen LogP contribution is 2.19. The number of anilines is 1. The number of rotatable bonds is 6. The average Bonchev–Trinajstić information content (AvgIpc) is 2.30. The summed E-state index contributed by atoms with van der Waals surface area (Å²) in [5.41, 5.74) is 1.42. The maximum Gasteiger partial charge on any atom is 0.101 e. The second kappa shape index (κ2) is 7.21. The lowest BCUT2D eigenvalue weighted by Crippen LogP contribution is -2.05. The molecule has 16 heavy (non-hydrogen) atoms. The van der Waals surface area contributed by atoms with Gasteiger partial charge in [0.15, 0.2) is 0 Å². The van der Waals surface area contributed by atoms with Crippen molar-refractivity contribution in [3.63, 3.8) is 0 Å². The quantitative estimate of drug-likeness (QED) is 0.621. The molecule has 0 bridgehead atoms. The Labute approximate surface area is 105 Å². The number of benzene rings is 1. The maximum absolute atomic E-state index is 8.92. The first kappa shape index (κ1) is 13.0. The van der Waals surface area contributed by atoms with E-state index in [1.54, 1.807) is 23.9 Å². The molecule has 1 N–H and O–H groups in total. The molecule has 2 nitrogen and oxygen atoms in total. The van der Waals surface area contributed by atoms with Crippen LogP contribution in [0.5, 0.6) is 0 Å². The van der Waals surface area contributed by atoms with E-state index in [4.69, 9.17) is 16.9 Å². The van der Waals surface area contributed by atoms with Crippen molar-refractivity contribution in [3.05, 3.63) is 41.4 Å². The van der Waals surface area contributed by atoms with E-state index < -0.39 is 0 Å². The van der Waals surface area contributed by atoms with Gasteiger partial charge in [0.2, 0.25) is 0 Å². The molecule has 1 rings (SSSR count). The van der Waals surface area contributed by atoms with Gasteiger partial charge in [0.1, 0.15) is 6.07 Å². The van der Waals surface area contributed by atoms with Gasteiger partial charge in [-0.3, -0.25) is 0 Å². The van der Waals surface area contributed by atoms with Gasteiger partial charge >= 0.3 is 0 Å². The highest BCUT2D eigenvalue weighted by molar-refractivity contribution is 7.99. The summed E-state index contributed by atoms with van der Waals surface area (Å²) in [7, 11) is 0. The lowest BCUT2D eigenvalue weighted by molar-refractivity contribution is 1.22. The topological polar surface area (TPSA) is 35.8 Å². The molecule has 84 valence electrons. The number of thioether (sulfide) groups is 1. The summed E-state index contributed by atoms with van der Waals surface area (Å²) in [4.78, 5) is 0. The molecule has 0 amide bonds. The molecule has 0 aromatic heterocycles. The average molecular weight is 253 g/mol. The Kier molecular flexibility index (Phi) is 5.84. The van der Waals surface area contributed by atoms with Crippen molar-refractivity contribution in [1.29, 1.82) is 5.26 Å². The summed E-state index contributed by atoms with van der Waals surface area (Å²) >= 11 is 7.60. The van der Waals surface area contributed by atoms with Gasteiger partial charge in [-0.2, -0.15) is 17.0 Å². The van der Waals surface area contributed by atoms with E-state index >= 15 is 0 Å².